The molecule has 0 amide bonds. The maximum absolute atomic E-state index is 4.26. The summed E-state index contributed by atoms with van der Waals surface area (Å²) in [5.41, 5.74) is 5.83. The summed E-state index contributed by atoms with van der Waals surface area (Å²) in [7, 11) is 0. The number of anilines is 1. The van der Waals surface area contributed by atoms with E-state index in [1.807, 2.05) is 31.4 Å². The van der Waals surface area contributed by atoms with E-state index in [-0.39, 0.29) is 0 Å². The predicted molar refractivity (Wildman–Crippen MR) is 66.9 cm³/mol. The molecule has 2 aromatic rings. The highest BCUT2D eigenvalue weighted by atomic mass is 32.1. The summed E-state index contributed by atoms with van der Waals surface area (Å²) >= 11 is 1.54. The average Bonchev–Trinajstić information content (AvgIpc) is 2.73. The molecule has 2 rings (SSSR count). The lowest BCUT2D eigenvalue weighted by molar-refractivity contribution is 1.21. The lowest BCUT2D eigenvalue weighted by Crippen LogP contribution is -1.99. The second-order valence-electron chi connectivity index (χ2n) is 3.34. The maximum Gasteiger partial charge on any atom is 0.203 e. The molecule has 0 saturated heterocycles. The second-order valence-corrected chi connectivity index (χ2v) is 4.20. The summed E-state index contributed by atoms with van der Waals surface area (Å²) in [6.07, 6.45) is 3.53. The van der Waals surface area contributed by atoms with Gasteiger partial charge in [0.2, 0.25) is 5.13 Å². The molecule has 2 heterocycles. The number of nitrogens with zero attached hydrogens (tertiary/aromatic N) is 3. The molecule has 0 radical (unpaired) electrons. The molecule has 4 nitrogen and oxygen atoms in total. The molecule has 1 N–H and O–H groups in total. The van der Waals surface area contributed by atoms with Gasteiger partial charge < -0.3 is 0 Å². The van der Waals surface area contributed by atoms with Crippen LogP contribution < -0.4 is 5.43 Å². The molecular formula is C11H12N4S. The number of hydrazone groups is 1. The van der Waals surface area contributed by atoms with E-state index >= 15 is 0 Å². The number of rotatable bonds is 3. The van der Waals surface area contributed by atoms with E-state index in [1.54, 1.807) is 23.7 Å². The van der Waals surface area contributed by atoms with E-state index in [0.29, 0.717) is 0 Å². The number of aromatic nitrogens is 2. The summed E-state index contributed by atoms with van der Waals surface area (Å²) in [5, 5.41) is 7.04. The Morgan fingerprint density at radius 1 is 1.50 bits per heavy atom. The lowest BCUT2D eigenvalue weighted by Gasteiger charge is -1.99. The van der Waals surface area contributed by atoms with Crippen molar-refractivity contribution in [2.24, 2.45) is 5.10 Å². The highest BCUT2D eigenvalue weighted by Crippen LogP contribution is 2.14. The van der Waals surface area contributed by atoms with E-state index in [0.717, 1.165) is 22.1 Å². The minimum Gasteiger partial charge on any atom is -0.264 e. The normalized spacial score (nSPS) is 11.5. The number of nitrogens with one attached hydrogen (secondary N) is 1. The van der Waals surface area contributed by atoms with Crippen molar-refractivity contribution in [2.45, 2.75) is 13.8 Å². The molecule has 0 aromatic carbocycles. The molecule has 5 heteroatoms. The van der Waals surface area contributed by atoms with Crippen molar-refractivity contribution in [2.75, 3.05) is 5.43 Å². The third kappa shape index (κ3) is 2.64. The second kappa shape index (κ2) is 4.85. The molecule has 82 valence electrons. The van der Waals surface area contributed by atoms with Crippen molar-refractivity contribution < 1.29 is 0 Å². The van der Waals surface area contributed by atoms with Gasteiger partial charge in [-0.1, -0.05) is 6.07 Å². The minimum absolute atomic E-state index is 0.806. The molecule has 0 bridgehead atoms. The molecule has 0 fully saturated rings. The third-order valence-corrected chi connectivity index (χ3v) is 2.88. The van der Waals surface area contributed by atoms with Crippen LogP contribution in [-0.4, -0.2) is 15.7 Å². The smallest absolute Gasteiger partial charge is 0.203 e. The first-order chi connectivity index (χ1) is 7.75. The van der Waals surface area contributed by atoms with Crippen LogP contribution in [0.4, 0.5) is 5.13 Å². The van der Waals surface area contributed by atoms with Crippen LogP contribution in [-0.2, 0) is 0 Å². The van der Waals surface area contributed by atoms with Gasteiger partial charge in [0.05, 0.1) is 11.4 Å². The van der Waals surface area contributed by atoms with Gasteiger partial charge in [0.15, 0.2) is 0 Å². The number of hydrogen-bond acceptors (Lipinski definition) is 5. The average molecular weight is 232 g/mol. The first kappa shape index (κ1) is 10.8. The van der Waals surface area contributed by atoms with E-state index in [4.69, 9.17) is 0 Å². The molecule has 0 aliphatic carbocycles. The van der Waals surface area contributed by atoms with Crippen molar-refractivity contribution in [3.63, 3.8) is 0 Å². The van der Waals surface area contributed by atoms with Crippen molar-refractivity contribution in [3.05, 3.63) is 41.2 Å². The van der Waals surface area contributed by atoms with E-state index in [9.17, 15) is 0 Å². The fraction of sp³-hybridized carbons (Fsp3) is 0.182. The number of pyridine rings is 1. The summed E-state index contributed by atoms with van der Waals surface area (Å²) in [6, 6.07) is 3.86. The molecule has 16 heavy (non-hydrogen) atoms. The van der Waals surface area contributed by atoms with Crippen molar-refractivity contribution in [1.29, 1.82) is 0 Å². The van der Waals surface area contributed by atoms with Crippen molar-refractivity contribution in [3.8, 4) is 0 Å². The van der Waals surface area contributed by atoms with Crippen molar-refractivity contribution >= 4 is 22.2 Å². The SMILES string of the molecule is C/C(=N\Nc1nc(C)cs1)c1cccnc1. The molecule has 2 aromatic heterocycles. The van der Waals surface area contributed by atoms with Crippen molar-refractivity contribution in [1.82, 2.24) is 9.97 Å². The van der Waals surface area contributed by atoms with Gasteiger partial charge in [-0.15, -0.1) is 11.3 Å². The Morgan fingerprint density at radius 2 is 2.38 bits per heavy atom. The largest absolute Gasteiger partial charge is 0.264 e. The highest BCUT2D eigenvalue weighted by molar-refractivity contribution is 7.13. The summed E-state index contributed by atoms with van der Waals surface area (Å²) in [4.78, 5) is 8.30. The van der Waals surface area contributed by atoms with Crippen LogP contribution in [0.2, 0.25) is 0 Å². The summed E-state index contributed by atoms with van der Waals surface area (Å²) in [5.74, 6) is 0. The quantitative estimate of drug-likeness (QED) is 0.654. The van der Waals surface area contributed by atoms with Gasteiger partial charge in [0.25, 0.3) is 0 Å². The predicted octanol–water partition coefficient (Wildman–Crippen LogP) is 2.68. The molecule has 0 aliphatic rings. The Kier molecular flexibility index (Phi) is 3.26. The summed E-state index contributed by atoms with van der Waals surface area (Å²) in [6.45, 7) is 3.89. The first-order valence-corrected chi connectivity index (χ1v) is 5.76. The molecular weight excluding hydrogens is 220 g/mol. The Morgan fingerprint density at radius 3 is 3.00 bits per heavy atom. The van der Waals surface area contributed by atoms with Gasteiger partial charge >= 0.3 is 0 Å². The molecule has 0 saturated carbocycles. The molecule has 0 unspecified atom stereocenters. The van der Waals surface area contributed by atoms with Crippen LogP contribution in [0.3, 0.4) is 0 Å². The fourth-order valence-electron chi connectivity index (χ4n) is 1.18. The molecule has 0 aliphatic heterocycles. The topological polar surface area (TPSA) is 50.2 Å². The van der Waals surface area contributed by atoms with E-state index in [2.05, 4.69) is 20.5 Å². The Labute approximate surface area is 98.1 Å². The van der Waals surface area contributed by atoms with Gasteiger partial charge in [-0.25, -0.2) is 4.98 Å². The van der Waals surface area contributed by atoms with E-state index in [1.165, 1.54) is 0 Å². The lowest BCUT2D eigenvalue weighted by atomic mass is 10.2. The van der Waals surface area contributed by atoms with Crippen LogP contribution in [0, 0.1) is 6.92 Å². The third-order valence-electron chi connectivity index (χ3n) is 2.02. The highest BCUT2D eigenvalue weighted by Gasteiger charge is 1.98. The zero-order chi connectivity index (χ0) is 11.4. The number of hydrogen-bond donors (Lipinski definition) is 1. The summed E-state index contributed by atoms with van der Waals surface area (Å²) < 4.78 is 0. The van der Waals surface area contributed by atoms with Gasteiger partial charge in [-0.3, -0.25) is 10.4 Å². The van der Waals surface area contributed by atoms with Gasteiger partial charge in [0, 0.05) is 23.3 Å². The van der Waals surface area contributed by atoms with Crippen LogP contribution >= 0.6 is 11.3 Å². The van der Waals surface area contributed by atoms with Crippen LogP contribution in [0.25, 0.3) is 0 Å². The monoisotopic (exact) mass is 232 g/mol. The zero-order valence-electron chi connectivity index (χ0n) is 9.14. The fourth-order valence-corrected chi connectivity index (χ4v) is 1.81. The molecule has 0 atom stereocenters. The number of aryl methyl sites for hydroxylation is 1. The van der Waals surface area contributed by atoms with Gasteiger partial charge in [0.1, 0.15) is 0 Å². The first-order valence-electron chi connectivity index (χ1n) is 4.88. The zero-order valence-corrected chi connectivity index (χ0v) is 9.95. The standard InChI is InChI=1S/C11H12N4S/c1-8-7-16-11(13-8)15-14-9(2)10-4-3-5-12-6-10/h3-7H,1-2H3,(H,13,15)/b14-9+. The minimum atomic E-state index is 0.806. The van der Waals surface area contributed by atoms with Gasteiger partial charge in [-0.05, 0) is 19.9 Å². The van der Waals surface area contributed by atoms with Crippen LogP contribution in [0.1, 0.15) is 18.2 Å². The van der Waals surface area contributed by atoms with Crippen LogP contribution in [0.5, 0.6) is 0 Å². The van der Waals surface area contributed by atoms with Gasteiger partial charge in [-0.2, -0.15) is 5.10 Å². The van der Waals surface area contributed by atoms with E-state index < -0.39 is 0 Å². The molecule has 0 spiro atoms. The Bertz CT molecular complexity index is 490. The Hall–Kier alpha value is -1.75. The van der Waals surface area contributed by atoms with Crippen LogP contribution in [0.15, 0.2) is 35.0 Å². The number of thiazole rings is 1. The maximum atomic E-state index is 4.26. The Balaban J connectivity index is 2.08.